The molecule has 1 rings (SSSR count). The number of hydrogen-bond acceptors (Lipinski definition) is 6. The van der Waals surface area contributed by atoms with Crippen molar-refractivity contribution in [2.24, 2.45) is 0 Å². The van der Waals surface area contributed by atoms with Gasteiger partial charge in [0.05, 0.1) is 6.73 Å². The molecule has 0 aliphatic heterocycles. The maximum absolute atomic E-state index is 10.8. The van der Waals surface area contributed by atoms with Crippen LogP contribution in [0.25, 0.3) is 6.08 Å². The Morgan fingerprint density at radius 3 is 1.59 bits per heavy atom. The number of benzene rings is 1. The van der Waals surface area contributed by atoms with Crippen LogP contribution in [0.15, 0.2) is 61.2 Å². The average Bonchev–Trinajstić information content (AvgIpc) is 2.66. The quantitative estimate of drug-likeness (QED) is 0.341. The first-order chi connectivity index (χ1) is 12.6. The van der Waals surface area contributed by atoms with Gasteiger partial charge in [-0.1, -0.05) is 56.1 Å². The highest BCUT2D eigenvalue weighted by Gasteiger charge is 2.05. The summed E-state index contributed by atoms with van der Waals surface area (Å²) in [7, 11) is 3.61. The fourth-order valence-corrected chi connectivity index (χ4v) is 1.10. The first-order valence-electron chi connectivity index (χ1n) is 8.24. The number of carbonyl (C=O) groups excluding carboxylic acids is 2. The maximum atomic E-state index is 10.8. The second-order valence-corrected chi connectivity index (χ2v) is 5.67. The molecule has 1 N–H and O–H groups in total. The Morgan fingerprint density at radius 1 is 1.00 bits per heavy atom. The minimum Gasteiger partial charge on any atom is -0.459 e. The van der Waals surface area contributed by atoms with Gasteiger partial charge in [0.2, 0.25) is 0 Å². The van der Waals surface area contributed by atoms with Crippen LogP contribution < -0.4 is 0 Å². The van der Waals surface area contributed by atoms with E-state index >= 15 is 0 Å². The summed E-state index contributed by atoms with van der Waals surface area (Å²) in [6, 6.07) is 10.0. The number of esters is 2. The molecule has 0 radical (unpaired) electrons. The van der Waals surface area contributed by atoms with Crippen molar-refractivity contribution < 1.29 is 24.2 Å². The lowest BCUT2D eigenvalue weighted by Crippen LogP contribution is -2.14. The highest BCUT2D eigenvalue weighted by Crippen LogP contribution is 1.97. The molecule has 1 aromatic rings. The van der Waals surface area contributed by atoms with Gasteiger partial charge in [-0.3, -0.25) is 4.90 Å². The van der Waals surface area contributed by atoms with Crippen molar-refractivity contribution in [2.75, 3.05) is 34.0 Å². The standard InChI is InChI=1S/C10H14O4.C8H8.C3H9NO/c1-7(2)9(11)13-5-6-14-10(12)8(3)4;1-2-8-6-4-3-5-7-8;1-4(2)3-5/h1,3,5-6H2,2,4H3;2-7H,1H2;5H,3H2,1-2H3. The highest BCUT2D eigenvalue weighted by molar-refractivity contribution is 5.87. The Balaban J connectivity index is 0. The van der Waals surface area contributed by atoms with Crippen LogP contribution in [0.3, 0.4) is 0 Å². The van der Waals surface area contributed by atoms with Crippen LogP contribution in [0.5, 0.6) is 0 Å². The summed E-state index contributed by atoms with van der Waals surface area (Å²) in [4.78, 5) is 23.4. The summed E-state index contributed by atoms with van der Waals surface area (Å²) in [5.74, 6) is -0.979. The molecule has 6 nitrogen and oxygen atoms in total. The zero-order valence-corrected chi connectivity index (χ0v) is 16.7. The topological polar surface area (TPSA) is 76.1 Å². The van der Waals surface area contributed by atoms with Gasteiger partial charge in [-0.2, -0.15) is 0 Å². The molecule has 0 heterocycles. The van der Waals surface area contributed by atoms with E-state index in [1.807, 2.05) is 36.4 Å². The molecule has 0 amide bonds. The molecule has 0 aromatic heterocycles. The van der Waals surface area contributed by atoms with Crippen molar-refractivity contribution in [1.29, 1.82) is 0 Å². The highest BCUT2D eigenvalue weighted by atomic mass is 16.6. The number of nitrogens with zero attached hydrogens (tertiary/aromatic N) is 1. The summed E-state index contributed by atoms with van der Waals surface area (Å²) < 4.78 is 9.38. The van der Waals surface area contributed by atoms with Crippen LogP contribution in [-0.2, 0) is 19.1 Å². The van der Waals surface area contributed by atoms with Crippen LogP contribution in [0, 0.1) is 0 Å². The first kappa shape index (κ1) is 26.5. The molecule has 6 heteroatoms. The Labute approximate surface area is 162 Å². The Kier molecular flexibility index (Phi) is 16.5. The molecule has 0 aliphatic rings. The number of aliphatic hydroxyl groups excluding tert-OH is 1. The lowest BCUT2D eigenvalue weighted by atomic mass is 10.2. The third-order valence-corrected chi connectivity index (χ3v) is 2.56. The zero-order chi connectivity index (χ0) is 21.2. The molecule has 1 aromatic carbocycles. The Bertz CT molecular complexity index is 566. The smallest absolute Gasteiger partial charge is 0.333 e. The van der Waals surface area contributed by atoms with Gasteiger partial charge in [-0.25, -0.2) is 9.59 Å². The molecule has 0 saturated carbocycles. The first-order valence-corrected chi connectivity index (χ1v) is 8.24. The average molecular weight is 377 g/mol. The van der Waals surface area contributed by atoms with E-state index < -0.39 is 11.9 Å². The number of rotatable bonds is 7. The van der Waals surface area contributed by atoms with Crippen molar-refractivity contribution in [2.45, 2.75) is 13.8 Å². The van der Waals surface area contributed by atoms with Crippen molar-refractivity contribution >= 4 is 18.0 Å². The van der Waals surface area contributed by atoms with E-state index in [0.717, 1.165) is 0 Å². The van der Waals surface area contributed by atoms with Crippen LogP contribution in [0.1, 0.15) is 19.4 Å². The van der Waals surface area contributed by atoms with Crippen molar-refractivity contribution in [3.63, 3.8) is 0 Å². The molecule has 27 heavy (non-hydrogen) atoms. The summed E-state index contributed by atoms with van der Waals surface area (Å²) in [5.41, 5.74) is 1.81. The van der Waals surface area contributed by atoms with Crippen LogP contribution in [-0.4, -0.2) is 56.0 Å². The summed E-state index contributed by atoms with van der Waals surface area (Å²) >= 11 is 0. The molecule has 0 atom stereocenters. The molecule has 0 fully saturated rings. The van der Waals surface area contributed by atoms with E-state index in [4.69, 9.17) is 5.11 Å². The summed E-state index contributed by atoms with van der Waals surface area (Å²) in [6.45, 7) is 13.7. The molecular weight excluding hydrogens is 346 g/mol. The second kappa shape index (κ2) is 16.8. The largest absolute Gasteiger partial charge is 0.459 e. The molecule has 150 valence electrons. The van der Waals surface area contributed by atoms with E-state index in [1.54, 1.807) is 32.8 Å². The molecular formula is C21H31NO5. The van der Waals surface area contributed by atoms with Gasteiger partial charge in [-0.05, 0) is 33.5 Å². The zero-order valence-electron chi connectivity index (χ0n) is 16.7. The fraction of sp³-hybridized carbons (Fsp3) is 0.333. The van der Waals surface area contributed by atoms with Gasteiger partial charge in [0.25, 0.3) is 0 Å². The third-order valence-electron chi connectivity index (χ3n) is 2.56. The third kappa shape index (κ3) is 17.9. The monoisotopic (exact) mass is 377 g/mol. The van der Waals surface area contributed by atoms with Crippen molar-refractivity contribution in [3.8, 4) is 0 Å². The van der Waals surface area contributed by atoms with Gasteiger partial charge in [0.1, 0.15) is 13.2 Å². The van der Waals surface area contributed by atoms with Gasteiger partial charge in [0, 0.05) is 11.1 Å². The molecule has 0 aliphatic carbocycles. The Hall–Kier alpha value is -2.70. The van der Waals surface area contributed by atoms with Gasteiger partial charge >= 0.3 is 11.9 Å². The SMILES string of the molecule is C=C(C)C(=O)OCCOC(=O)C(=C)C.C=Cc1ccccc1.CN(C)CO. The maximum Gasteiger partial charge on any atom is 0.333 e. The molecule has 0 saturated heterocycles. The molecule has 0 bridgehead atoms. The minimum absolute atomic E-state index is 0.0325. The van der Waals surface area contributed by atoms with Crippen molar-refractivity contribution in [1.82, 2.24) is 4.90 Å². The van der Waals surface area contributed by atoms with E-state index in [9.17, 15) is 9.59 Å². The van der Waals surface area contributed by atoms with E-state index in [1.165, 1.54) is 5.56 Å². The molecule has 0 unspecified atom stereocenters. The Morgan fingerprint density at radius 2 is 1.37 bits per heavy atom. The van der Waals surface area contributed by atoms with Crippen LogP contribution in [0.4, 0.5) is 0 Å². The summed E-state index contributed by atoms with van der Waals surface area (Å²) in [6.07, 6.45) is 1.83. The normalized spacial score (nSPS) is 8.96. The fourth-order valence-electron chi connectivity index (χ4n) is 1.10. The predicted molar refractivity (Wildman–Crippen MR) is 109 cm³/mol. The lowest BCUT2D eigenvalue weighted by Gasteiger charge is -2.05. The second-order valence-electron chi connectivity index (χ2n) is 5.67. The number of carbonyl (C=O) groups is 2. The predicted octanol–water partition coefficient (Wildman–Crippen LogP) is 3.05. The number of aliphatic hydroxyl groups is 1. The number of ether oxygens (including phenoxy) is 2. The van der Waals surface area contributed by atoms with Crippen LogP contribution >= 0.6 is 0 Å². The van der Waals surface area contributed by atoms with Gasteiger partial charge < -0.3 is 14.6 Å². The van der Waals surface area contributed by atoms with E-state index in [2.05, 4.69) is 29.2 Å². The van der Waals surface area contributed by atoms with E-state index in [0.29, 0.717) is 11.1 Å². The molecule has 0 spiro atoms. The summed E-state index contributed by atoms with van der Waals surface area (Å²) in [5, 5.41) is 8.07. The number of hydrogen-bond donors (Lipinski definition) is 1. The minimum atomic E-state index is -0.489. The van der Waals surface area contributed by atoms with Crippen molar-refractivity contribution in [3.05, 3.63) is 66.8 Å². The lowest BCUT2D eigenvalue weighted by molar-refractivity contribution is -0.147. The van der Waals surface area contributed by atoms with Crippen LogP contribution in [0.2, 0.25) is 0 Å². The van der Waals surface area contributed by atoms with Gasteiger partial charge in [0.15, 0.2) is 0 Å². The van der Waals surface area contributed by atoms with E-state index in [-0.39, 0.29) is 19.9 Å². The van der Waals surface area contributed by atoms with Gasteiger partial charge in [-0.15, -0.1) is 0 Å².